The van der Waals surface area contributed by atoms with E-state index in [-0.39, 0.29) is 16.9 Å². The monoisotopic (exact) mass is 254 g/mol. The van der Waals surface area contributed by atoms with Gasteiger partial charge in [0.25, 0.3) is 0 Å². The normalized spacial score (nSPS) is 26.4. The van der Waals surface area contributed by atoms with E-state index in [2.05, 4.69) is 34.6 Å². The molecule has 0 amide bonds. The van der Waals surface area contributed by atoms with E-state index < -0.39 is 0 Å². The van der Waals surface area contributed by atoms with E-state index in [1.54, 1.807) is 7.11 Å². The third kappa shape index (κ3) is 4.08. The molecule has 0 saturated heterocycles. The van der Waals surface area contributed by atoms with Crippen LogP contribution in [0.1, 0.15) is 66.7 Å². The Hall–Kier alpha value is -0.370. The maximum Gasteiger partial charge on any atom is 0.136 e. The van der Waals surface area contributed by atoms with E-state index in [0.717, 1.165) is 25.7 Å². The second kappa shape index (κ2) is 5.73. The molecule has 0 bridgehead atoms. The molecule has 2 nitrogen and oxygen atoms in total. The molecule has 0 spiro atoms. The summed E-state index contributed by atoms with van der Waals surface area (Å²) in [6, 6.07) is 0. The largest absolute Gasteiger partial charge is 0.379 e. The molecule has 0 aromatic rings. The van der Waals surface area contributed by atoms with Crippen molar-refractivity contribution >= 4 is 5.78 Å². The highest BCUT2D eigenvalue weighted by Crippen LogP contribution is 2.42. The number of carbonyl (C=O) groups excluding carboxylic acids is 1. The van der Waals surface area contributed by atoms with Gasteiger partial charge in [0.1, 0.15) is 5.78 Å². The highest BCUT2D eigenvalue weighted by Gasteiger charge is 2.38. The fourth-order valence-corrected chi connectivity index (χ4v) is 2.93. The van der Waals surface area contributed by atoms with Gasteiger partial charge in [-0.05, 0) is 50.9 Å². The number of hydrogen-bond acceptors (Lipinski definition) is 2. The molecular weight excluding hydrogens is 224 g/mol. The van der Waals surface area contributed by atoms with Crippen LogP contribution in [0, 0.1) is 17.3 Å². The van der Waals surface area contributed by atoms with Crippen molar-refractivity contribution in [1.29, 1.82) is 0 Å². The van der Waals surface area contributed by atoms with Gasteiger partial charge < -0.3 is 4.74 Å². The first kappa shape index (κ1) is 15.7. The minimum atomic E-state index is -0.0811. The number of rotatable bonds is 5. The Morgan fingerprint density at radius 2 is 1.78 bits per heavy atom. The summed E-state index contributed by atoms with van der Waals surface area (Å²) in [5, 5.41) is 0. The maximum absolute atomic E-state index is 12.2. The van der Waals surface area contributed by atoms with Gasteiger partial charge in [-0.1, -0.05) is 20.8 Å². The Morgan fingerprint density at radius 3 is 2.28 bits per heavy atom. The van der Waals surface area contributed by atoms with Crippen molar-refractivity contribution in [1.82, 2.24) is 0 Å². The molecule has 0 aliphatic heterocycles. The van der Waals surface area contributed by atoms with E-state index in [1.165, 1.54) is 6.42 Å². The Morgan fingerprint density at radius 1 is 1.17 bits per heavy atom. The highest BCUT2D eigenvalue weighted by atomic mass is 16.5. The van der Waals surface area contributed by atoms with E-state index in [4.69, 9.17) is 4.74 Å². The lowest BCUT2D eigenvalue weighted by Crippen LogP contribution is -2.37. The van der Waals surface area contributed by atoms with Crippen LogP contribution in [-0.2, 0) is 9.53 Å². The third-order valence-electron chi connectivity index (χ3n) is 4.75. The van der Waals surface area contributed by atoms with E-state index in [9.17, 15) is 4.79 Å². The van der Waals surface area contributed by atoms with Crippen molar-refractivity contribution < 1.29 is 9.53 Å². The first-order valence-corrected chi connectivity index (χ1v) is 7.26. The van der Waals surface area contributed by atoms with E-state index >= 15 is 0 Å². The average molecular weight is 254 g/mol. The van der Waals surface area contributed by atoms with Crippen LogP contribution in [-0.4, -0.2) is 18.5 Å². The summed E-state index contributed by atoms with van der Waals surface area (Å²) in [5.74, 6) is 1.32. The summed E-state index contributed by atoms with van der Waals surface area (Å²) in [7, 11) is 1.76. The number of hydrogen-bond donors (Lipinski definition) is 0. The number of ether oxygens (including phenoxy) is 1. The summed E-state index contributed by atoms with van der Waals surface area (Å²) in [4.78, 5) is 12.2. The topological polar surface area (TPSA) is 26.3 Å². The Balaban J connectivity index is 2.60. The van der Waals surface area contributed by atoms with Crippen LogP contribution < -0.4 is 0 Å². The third-order valence-corrected chi connectivity index (χ3v) is 4.75. The fraction of sp³-hybridized carbons (Fsp3) is 0.938. The molecule has 2 heteroatoms. The van der Waals surface area contributed by atoms with Crippen LogP contribution in [0.15, 0.2) is 0 Å². The average Bonchev–Trinajstić information content (AvgIpc) is 2.26. The first-order chi connectivity index (χ1) is 8.18. The molecule has 1 aliphatic carbocycles. The number of methoxy groups -OCH3 is 1. The zero-order valence-corrected chi connectivity index (χ0v) is 13.0. The van der Waals surface area contributed by atoms with E-state index in [1.807, 2.05) is 0 Å². The van der Waals surface area contributed by atoms with Gasteiger partial charge in [0.15, 0.2) is 0 Å². The minimum Gasteiger partial charge on any atom is -0.379 e. The highest BCUT2D eigenvalue weighted by molar-refractivity contribution is 5.82. The summed E-state index contributed by atoms with van der Waals surface area (Å²) in [5.41, 5.74) is 0.0231. The van der Waals surface area contributed by atoms with Crippen LogP contribution in [0.3, 0.4) is 0 Å². The second-order valence-corrected chi connectivity index (χ2v) is 7.36. The van der Waals surface area contributed by atoms with Crippen LogP contribution >= 0.6 is 0 Å². The Kier molecular flexibility index (Phi) is 4.99. The smallest absolute Gasteiger partial charge is 0.136 e. The molecule has 0 N–H and O–H groups in total. The van der Waals surface area contributed by atoms with Crippen LogP contribution in [0.5, 0.6) is 0 Å². The summed E-state index contributed by atoms with van der Waals surface area (Å²) < 4.78 is 5.48. The molecule has 2 unspecified atom stereocenters. The van der Waals surface area contributed by atoms with Gasteiger partial charge >= 0.3 is 0 Å². The Labute approximate surface area is 112 Å². The summed E-state index contributed by atoms with van der Waals surface area (Å²) in [6.45, 7) is 10.9. The predicted molar refractivity (Wildman–Crippen MR) is 75.6 cm³/mol. The number of carbonyl (C=O) groups is 1. The quantitative estimate of drug-likeness (QED) is 0.734. The van der Waals surface area contributed by atoms with Gasteiger partial charge in [0, 0.05) is 19.4 Å². The number of ketones is 1. The molecule has 0 radical (unpaired) electrons. The van der Waals surface area contributed by atoms with Crippen LogP contribution in [0.2, 0.25) is 0 Å². The lowest BCUT2D eigenvalue weighted by molar-refractivity contribution is -0.130. The summed E-state index contributed by atoms with van der Waals surface area (Å²) >= 11 is 0. The standard InChI is InChI=1S/C16H30O2/c1-12-7-8-13(14(17)11-12)15(2,3)9-10-16(4,5)18-6/h12-13H,7-11H2,1-6H3. The molecule has 2 atom stereocenters. The zero-order valence-electron chi connectivity index (χ0n) is 13.0. The molecule has 1 aliphatic rings. The first-order valence-electron chi connectivity index (χ1n) is 7.26. The van der Waals surface area contributed by atoms with Crippen molar-refractivity contribution in [3.8, 4) is 0 Å². The number of Topliss-reactive ketones (excluding diaryl/α,β-unsaturated/α-hetero) is 1. The molecule has 1 saturated carbocycles. The van der Waals surface area contributed by atoms with Gasteiger partial charge in [-0.3, -0.25) is 4.79 Å². The van der Waals surface area contributed by atoms with Gasteiger partial charge in [-0.25, -0.2) is 0 Å². The lowest BCUT2D eigenvalue weighted by Gasteiger charge is -2.39. The maximum atomic E-state index is 12.2. The predicted octanol–water partition coefficient (Wildman–Crippen LogP) is 4.22. The summed E-state index contributed by atoms with van der Waals surface area (Å²) in [6.07, 6.45) is 5.12. The molecule has 18 heavy (non-hydrogen) atoms. The minimum absolute atomic E-state index is 0.0811. The van der Waals surface area contributed by atoms with Gasteiger partial charge in [0.2, 0.25) is 0 Å². The van der Waals surface area contributed by atoms with Crippen molar-refractivity contribution in [2.24, 2.45) is 17.3 Å². The van der Waals surface area contributed by atoms with Crippen molar-refractivity contribution in [3.05, 3.63) is 0 Å². The zero-order chi connectivity index (χ0) is 14.0. The molecule has 1 fully saturated rings. The molecule has 0 heterocycles. The molecule has 0 aromatic heterocycles. The fourth-order valence-electron chi connectivity index (χ4n) is 2.93. The van der Waals surface area contributed by atoms with Gasteiger partial charge in [0.05, 0.1) is 5.60 Å². The molecular formula is C16H30O2. The molecule has 1 rings (SSSR count). The van der Waals surface area contributed by atoms with Crippen LogP contribution in [0.25, 0.3) is 0 Å². The second-order valence-electron chi connectivity index (χ2n) is 7.36. The van der Waals surface area contributed by atoms with Gasteiger partial charge in [-0.2, -0.15) is 0 Å². The molecule has 0 aromatic carbocycles. The van der Waals surface area contributed by atoms with Crippen molar-refractivity contribution in [2.75, 3.05) is 7.11 Å². The lowest BCUT2D eigenvalue weighted by atomic mass is 9.66. The van der Waals surface area contributed by atoms with E-state index in [0.29, 0.717) is 11.7 Å². The van der Waals surface area contributed by atoms with Crippen LogP contribution in [0.4, 0.5) is 0 Å². The Bertz CT molecular complexity index is 291. The molecule has 106 valence electrons. The SMILES string of the molecule is COC(C)(C)CCC(C)(C)C1CCC(C)CC1=O. The van der Waals surface area contributed by atoms with Gasteiger partial charge in [-0.15, -0.1) is 0 Å². The van der Waals surface area contributed by atoms with Crippen molar-refractivity contribution in [3.63, 3.8) is 0 Å². The van der Waals surface area contributed by atoms with Crippen molar-refractivity contribution in [2.45, 2.75) is 72.3 Å².